The minimum Gasteiger partial charge on any atom is -0.497 e. The number of aliphatic imine (C=N–C) groups is 1. The molecule has 3 N–H and O–H groups in total. The summed E-state index contributed by atoms with van der Waals surface area (Å²) in [5.74, 6) is -0.124. The van der Waals surface area contributed by atoms with E-state index in [0.29, 0.717) is 13.0 Å². The first-order valence-electron chi connectivity index (χ1n) is 6.25. The maximum absolute atomic E-state index is 10.5. The third-order valence-corrected chi connectivity index (χ3v) is 2.73. The van der Waals surface area contributed by atoms with E-state index in [0.717, 1.165) is 24.2 Å². The van der Waals surface area contributed by atoms with Crippen molar-refractivity contribution in [3.8, 4) is 5.75 Å². The summed E-state index contributed by atoms with van der Waals surface area (Å²) >= 11 is 0. The molecule has 0 saturated carbocycles. The van der Waals surface area contributed by atoms with E-state index in [9.17, 15) is 4.79 Å². The number of carboxylic acid groups (broad SMARTS) is 1. The second-order valence-electron chi connectivity index (χ2n) is 4.25. The predicted molar refractivity (Wildman–Crippen MR) is 74.9 cm³/mol. The molecule has 0 saturated heterocycles. The number of ether oxygens (including phenoxy) is 1. The van der Waals surface area contributed by atoms with Crippen molar-refractivity contribution in [1.29, 1.82) is 0 Å². The lowest BCUT2D eigenvalue weighted by atomic mass is 10.1. The van der Waals surface area contributed by atoms with Gasteiger partial charge in [0.25, 0.3) is 0 Å². The first-order valence-corrected chi connectivity index (χ1v) is 6.25. The van der Waals surface area contributed by atoms with Gasteiger partial charge in [0.1, 0.15) is 11.8 Å². The average Bonchev–Trinajstić information content (AvgIpc) is 2.42. The van der Waals surface area contributed by atoms with Gasteiger partial charge in [0, 0.05) is 12.8 Å². The van der Waals surface area contributed by atoms with Crippen LogP contribution in [0.5, 0.6) is 5.75 Å². The van der Waals surface area contributed by atoms with Crippen LogP contribution in [0.2, 0.25) is 0 Å². The molecule has 0 aliphatic rings. The van der Waals surface area contributed by atoms with Crippen molar-refractivity contribution >= 4 is 12.2 Å². The Bertz CT molecular complexity index is 415. The first kappa shape index (κ1) is 15.2. The van der Waals surface area contributed by atoms with Crippen molar-refractivity contribution in [2.24, 2.45) is 10.7 Å². The Morgan fingerprint density at radius 3 is 2.68 bits per heavy atom. The number of hydrogen-bond donors (Lipinski definition) is 2. The molecular formula is C14H20N2O3. The lowest BCUT2D eigenvalue weighted by molar-refractivity contribution is -0.138. The third-order valence-electron chi connectivity index (χ3n) is 2.73. The lowest BCUT2D eigenvalue weighted by Crippen LogP contribution is -2.29. The van der Waals surface area contributed by atoms with E-state index in [1.165, 1.54) is 0 Å². The fraction of sp³-hybridized carbons (Fsp3) is 0.429. The van der Waals surface area contributed by atoms with Crippen molar-refractivity contribution in [3.05, 3.63) is 29.8 Å². The molecule has 0 aliphatic carbocycles. The van der Waals surface area contributed by atoms with Crippen molar-refractivity contribution in [1.82, 2.24) is 0 Å². The van der Waals surface area contributed by atoms with Crippen LogP contribution >= 0.6 is 0 Å². The summed E-state index contributed by atoms with van der Waals surface area (Å²) in [6.07, 6.45) is 3.91. The molecule has 0 spiro atoms. The zero-order chi connectivity index (χ0) is 14.1. The molecule has 0 radical (unpaired) electrons. The maximum atomic E-state index is 10.5. The summed E-state index contributed by atoms with van der Waals surface area (Å²) in [5.41, 5.74) is 6.42. The summed E-state index contributed by atoms with van der Waals surface area (Å²) in [4.78, 5) is 14.8. The monoisotopic (exact) mass is 264 g/mol. The number of rotatable bonds is 8. The predicted octanol–water partition coefficient (Wildman–Crippen LogP) is 1.70. The molecule has 0 heterocycles. The largest absolute Gasteiger partial charge is 0.497 e. The average molecular weight is 264 g/mol. The molecule has 0 amide bonds. The highest BCUT2D eigenvalue weighted by molar-refractivity contribution is 5.79. The second-order valence-corrected chi connectivity index (χ2v) is 4.25. The topological polar surface area (TPSA) is 84.9 Å². The van der Waals surface area contributed by atoms with Crippen LogP contribution in [0.1, 0.15) is 24.8 Å². The van der Waals surface area contributed by atoms with Gasteiger partial charge in [-0.1, -0.05) is 0 Å². The van der Waals surface area contributed by atoms with Crippen molar-refractivity contribution in [2.75, 3.05) is 13.7 Å². The van der Waals surface area contributed by atoms with E-state index in [1.807, 2.05) is 24.3 Å². The first-order chi connectivity index (χ1) is 9.13. The molecule has 1 rings (SSSR count). The molecule has 5 nitrogen and oxygen atoms in total. The molecule has 0 aliphatic heterocycles. The smallest absolute Gasteiger partial charge is 0.320 e. The van der Waals surface area contributed by atoms with E-state index in [2.05, 4.69) is 4.99 Å². The second kappa shape index (κ2) is 8.26. The highest BCUT2D eigenvalue weighted by Gasteiger charge is 2.09. The number of nitrogens with two attached hydrogens (primary N) is 1. The molecule has 1 unspecified atom stereocenters. The minimum absolute atomic E-state index is 0.493. The van der Waals surface area contributed by atoms with Gasteiger partial charge in [-0.25, -0.2) is 0 Å². The van der Waals surface area contributed by atoms with Crippen molar-refractivity contribution < 1.29 is 14.6 Å². The Morgan fingerprint density at radius 2 is 2.11 bits per heavy atom. The third kappa shape index (κ3) is 6.01. The summed E-state index contributed by atoms with van der Waals surface area (Å²) in [6, 6.07) is 6.87. The van der Waals surface area contributed by atoms with Crippen molar-refractivity contribution in [2.45, 2.75) is 25.3 Å². The summed E-state index contributed by atoms with van der Waals surface area (Å²) < 4.78 is 5.06. The Balaban J connectivity index is 2.21. The molecule has 0 bridgehead atoms. The van der Waals surface area contributed by atoms with Crippen LogP contribution in [0, 0.1) is 0 Å². The molecule has 1 atom stereocenters. The number of unbranched alkanes of at least 4 members (excludes halogenated alkanes) is 1. The molecule has 1 aromatic carbocycles. The van der Waals surface area contributed by atoms with Gasteiger partial charge in [0.2, 0.25) is 0 Å². The Morgan fingerprint density at radius 1 is 1.42 bits per heavy atom. The Kier molecular flexibility index (Phi) is 6.60. The highest BCUT2D eigenvalue weighted by atomic mass is 16.5. The molecule has 104 valence electrons. The van der Waals surface area contributed by atoms with Crippen LogP contribution in [0.4, 0.5) is 0 Å². The van der Waals surface area contributed by atoms with Gasteiger partial charge < -0.3 is 15.6 Å². The summed E-state index contributed by atoms with van der Waals surface area (Å²) in [6.45, 7) is 0.679. The van der Waals surface area contributed by atoms with E-state index >= 15 is 0 Å². The van der Waals surface area contributed by atoms with Gasteiger partial charge in [-0.05, 0) is 49.1 Å². The van der Waals surface area contributed by atoms with Gasteiger partial charge in [0.15, 0.2) is 0 Å². The fourth-order valence-corrected chi connectivity index (χ4v) is 1.55. The van der Waals surface area contributed by atoms with E-state index in [-0.39, 0.29) is 0 Å². The number of carboxylic acids is 1. The number of benzene rings is 1. The molecule has 5 heteroatoms. The SMILES string of the molecule is COc1ccc(C=NCCCCC(N)C(=O)O)cc1. The Labute approximate surface area is 113 Å². The number of carbonyl (C=O) groups is 1. The van der Waals surface area contributed by atoms with Gasteiger partial charge >= 0.3 is 5.97 Å². The number of aliphatic carboxylic acids is 1. The normalized spacial score (nSPS) is 12.5. The van der Waals surface area contributed by atoms with E-state index in [4.69, 9.17) is 15.6 Å². The molecule has 0 fully saturated rings. The van der Waals surface area contributed by atoms with Crippen LogP contribution in [0.15, 0.2) is 29.3 Å². The standard InChI is InChI=1S/C14H20N2O3/c1-19-12-7-5-11(6-8-12)10-16-9-3-2-4-13(15)14(17)18/h5-8,10,13H,2-4,9,15H2,1H3,(H,17,18). The summed E-state index contributed by atoms with van der Waals surface area (Å²) in [7, 11) is 1.63. The highest BCUT2D eigenvalue weighted by Crippen LogP contribution is 2.09. The van der Waals surface area contributed by atoms with Crippen LogP contribution in [0.25, 0.3) is 0 Å². The molecular weight excluding hydrogens is 244 g/mol. The van der Waals surface area contributed by atoms with Gasteiger partial charge in [-0.2, -0.15) is 0 Å². The molecule has 19 heavy (non-hydrogen) atoms. The van der Waals surface area contributed by atoms with Crippen molar-refractivity contribution in [3.63, 3.8) is 0 Å². The van der Waals surface area contributed by atoms with Crippen LogP contribution in [0.3, 0.4) is 0 Å². The quantitative estimate of drug-likeness (QED) is 0.553. The minimum atomic E-state index is -0.943. The van der Waals surface area contributed by atoms with Gasteiger partial charge in [-0.3, -0.25) is 9.79 Å². The van der Waals surface area contributed by atoms with Gasteiger partial charge in [0.05, 0.1) is 7.11 Å². The Hall–Kier alpha value is -1.88. The number of hydrogen-bond acceptors (Lipinski definition) is 4. The van der Waals surface area contributed by atoms with Crippen LogP contribution < -0.4 is 10.5 Å². The lowest BCUT2D eigenvalue weighted by Gasteiger charge is -2.04. The maximum Gasteiger partial charge on any atom is 0.320 e. The molecule has 0 aromatic heterocycles. The zero-order valence-corrected chi connectivity index (χ0v) is 11.1. The number of nitrogens with zero attached hydrogens (tertiary/aromatic N) is 1. The van der Waals surface area contributed by atoms with E-state index in [1.54, 1.807) is 13.3 Å². The summed E-state index contributed by atoms with van der Waals surface area (Å²) in [5, 5.41) is 8.61. The van der Waals surface area contributed by atoms with Crippen LogP contribution in [-0.4, -0.2) is 37.0 Å². The van der Waals surface area contributed by atoms with E-state index < -0.39 is 12.0 Å². The van der Waals surface area contributed by atoms with Crippen LogP contribution in [-0.2, 0) is 4.79 Å². The zero-order valence-electron chi connectivity index (χ0n) is 11.1. The molecule has 1 aromatic rings. The fourth-order valence-electron chi connectivity index (χ4n) is 1.55. The van der Waals surface area contributed by atoms with Gasteiger partial charge in [-0.15, -0.1) is 0 Å². The number of methoxy groups -OCH3 is 1.